The highest BCUT2D eigenvalue weighted by molar-refractivity contribution is 6.30. The van der Waals surface area contributed by atoms with Crippen LogP contribution in [0.25, 0.3) is 0 Å². The summed E-state index contributed by atoms with van der Waals surface area (Å²) < 4.78 is 44.8. The third-order valence-electron chi connectivity index (χ3n) is 6.67. The van der Waals surface area contributed by atoms with Gasteiger partial charge in [-0.2, -0.15) is 13.2 Å². The van der Waals surface area contributed by atoms with Crippen LogP contribution < -0.4 is 0 Å². The number of rotatable bonds is 8. The molecular formula is C29H30ClF3N2O2. The molecule has 0 saturated carbocycles. The number of ether oxygens (including phenoxy) is 1. The number of piperazine rings is 1. The van der Waals surface area contributed by atoms with E-state index < -0.39 is 11.7 Å². The van der Waals surface area contributed by atoms with Crippen molar-refractivity contribution in [3.63, 3.8) is 0 Å². The Balaban J connectivity index is 1.37. The fraction of sp³-hybridized carbons (Fsp3) is 0.345. The summed E-state index contributed by atoms with van der Waals surface area (Å²) in [5.41, 5.74) is 2.82. The highest BCUT2D eigenvalue weighted by Gasteiger charge is 2.30. The minimum atomic E-state index is -4.37. The number of carbonyl (C=O) groups excluding carboxylic acids is 1. The lowest BCUT2D eigenvalue weighted by atomic mass is 10.1. The van der Waals surface area contributed by atoms with Gasteiger partial charge in [0, 0.05) is 43.3 Å². The van der Waals surface area contributed by atoms with Crippen molar-refractivity contribution >= 4 is 17.5 Å². The Morgan fingerprint density at radius 2 is 1.49 bits per heavy atom. The van der Waals surface area contributed by atoms with Gasteiger partial charge in [0.25, 0.3) is 5.91 Å². The summed E-state index contributed by atoms with van der Waals surface area (Å²) in [5, 5.41) is 0.615. The molecule has 1 unspecified atom stereocenters. The van der Waals surface area contributed by atoms with Crippen molar-refractivity contribution in [3.05, 3.63) is 106 Å². The van der Waals surface area contributed by atoms with Gasteiger partial charge in [0.05, 0.1) is 18.3 Å². The predicted octanol–water partition coefficient (Wildman–Crippen LogP) is 6.64. The summed E-state index contributed by atoms with van der Waals surface area (Å²) in [6.45, 7) is 5.48. The first-order valence-electron chi connectivity index (χ1n) is 12.4. The maximum absolute atomic E-state index is 12.9. The molecule has 0 spiro atoms. The number of hydrogen-bond donors (Lipinski definition) is 0. The van der Waals surface area contributed by atoms with Gasteiger partial charge in [-0.3, -0.25) is 9.69 Å². The van der Waals surface area contributed by atoms with Crippen molar-refractivity contribution in [2.45, 2.75) is 32.2 Å². The van der Waals surface area contributed by atoms with Crippen molar-refractivity contribution in [3.8, 4) is 0 Å². The molecule has 1 aliphatic heterocycles. The Labute approximate surface area is 220 Å². The van der Waals surface area contributed by atoms with Crippen molar-refractivity contribution in [1.29, 1.82) is 0 Å². The molecule has 0 bridgehead atoms. The molecule has 1 atom stereocenters. The van der Waals surface area contributed by atoms with E-state index in [1.807, 2.05) is 41.3 Å². The maximum Gasteiger partial charge on any atom is 0.416 e. The van der Waals surface area contributed by atoms with Gasteiger partial charge in [0.15, 0.2) is 0 Å². The second kappa shape index (κ2) is 12.1. The van der Waals surface area contributed by atoms with Crippen LogP contribution in [0.5, 0.6) is 0 Å². The van der Waals surface area contributed by atoms with E-state index >= 15 is 0 Å². The highest BCUT2D eigenvalue weighted by Crippen LogP contribution is 2.30. The molecule has 3 aromatic carbocycles. The van der Waals surface area contributed by atoms with E-state index in [4.69, 9.17) is 16.3 Å². The van der Waals surface area contributed by atoms with E-state index in [0.717, 1.165) is 24.1 Å². The molecule has 4 nitrogen and oxygen atoms in total. The van der Waals surface area contributed by atoms with Crippen LogP contribution in [-0.4, -0.2) is 48.4 Å². The molecule has 0 aliphatic carbocycles. The highest BCUT2D eigenvalue weighted by atomic mass is 35.5. The first kappa shape index (κ1) is 27.2. The zero-order chi connectivity index (χ0) is 26.4. The zero-order valence-corrected chi connectivity index (χ0v) is 21.4. The average molecular weight is 531 g/mol. The van der Waals surface area contributed by atoms with Gasteiger partial charge in [-0.25, -0.2) is 0 Å². The number of amides is 1. The third kappa shape index (κ3) is 7.34. The topological polar surface area (TPSA) is 32.8 Å². The Morgan fingerprint density at radius 3 is 2.05 bits per heavy atom. The normalized spacial score (nSPS) is 15.5. The molecule has 1 fully saturated rings. The number of carbonyl (C=O) groups is 1. The number of aryl methyl sites for hydroxylation is 1. The minimum Gasteiger partial charge on any atom is -0.368 e. The molecule has 3 aromatic rings. The van der Waals surface area contributed by atoms with Gasteiger partial charge >= 0.3 is 6.18 Å². The summed E-state index contributed by atoms with van der Waals surface area (Å²) in [5.74, 6) is 0.0371. The monoisotopic (exact) mass is 530 g/mol. The molecule has 1 saturated heterocycles. The second-order valence-corrected chi connectivity index (χ2v) is 9.63. The molecule has 1 amide bonds. The molecule has 0 N–H and O–H groups in total. The first-order valence-corrected chi connectivity index (χ1v) is 12.7. The molecule has 0 radical (unpaired) electrons. The second-order valence-electron chi connectivity index (χ2n) is 9.19. The van der Waals surface area contributed by atoms with Crippen molar-refractivity contribution in [2.24, 2.45) is 0 Å². The number of alkyl halides is 3. The Bertz CT molecular complexity index is 1160. The van der Waals surface area contributed by atoms with Gasteiger partial charge in [-0.05, 0) is 59.5 Å². The number of hydrogen-bond acceptors (Lipinski definition) is 3. The maximum atomic E-state index is 12.9. The van der Waals surface area contributed by atoms with Gasteiger partial charge < -0.3 is 9.64 Å². The fourth-order valence-corrected chi connectivity index (χ4v) is 4.48. The van der Waals surface area contributed by atoms with Crippen LogP contribution in [0, 0.1) is 0 Å². The molecule has 8 heteroatoms. The van der Waals surface area contributed by atoms with Crippen LogP contribution >= 0.6 is 11.6 Å². The van der Waals surface area contributed by atoms with E-state index in [2.05, 4.69) is 11.8 Å². The smallest absolute Gasteiger partial charge is 0.368 e. The number of halogens is 4. The van der Waals surface area contributed by atoms with Crippen LogP contribution in [0.1, 0.15) is 45.6 Å². The van der Waals surface area contributed by atoms with Crippen molar-refractivity contribution in [2.75, 3.05) is 32.7 Å². The standard InChI is InChI=1S/C29H30ClF3N2O2/c1-2-21-3-7-24(8-4-21)28(36)35-17-15-34(16-18-35)19-27(23-9-13-26(30)14-10-23)37-20-22-5-11-25(12-6-22)29(31,32)33/h3-14,27H,2,15-20H2,1H3. The fourth-order valence-electron chi connectivity index (χ4n) is 4.35. The first-order chi connectivity index (χ1) is 17.7. The summed E-state index contributed by atoms with van der Waals surface area (Å²) in [4.78, 5) is 17.0. The Kier molecular flexibility index (Phi) is 8.90. The number of benzene rings is 3. The van der Waals surface area contributed by atoms with Gasteiger partial charge in [0.1, 0.15) is 0 Å². The summed E-state index contributed by atoms with van der Waals surface area (Å²) >= 11 is 6.07. The zero-order valence-electron chi connectivity index (χ0n) is 20.7. The lowest BCUT2D eigenvalue weighted by molar-refractivity contribution is -0.137. The minimum absolute atomic E-state index is 0.0371. The molecule has 0 aromatic heterocycles. The van der Waals surface area contributed by atoms with Gasteiger partial charge in [-0.1, -0.05) is 54.9 Å². The van der Waals surface area contributed by atoms with E-state index in [9.17, 15) is 18.0 Å². The average Bonchev–Trinajstić information content (AvgIpc) is 2.91. The SMILES string of the molecule is CCc1ccc(C(=O)N2CCN(CC(OCc3ccc(C(F)(F)F)cc3)c3ccc(Cl)cc3)CC2)cc1. The van der Waals surface area contributed by atoms with Gasteiger partial charge in [-0.15, -0.1) is 0 Å². The molecule has 1 heterocycles. The quantitative estimate of drug-likeness (QED) is 0.327. The Morgan fingerprint density at radius 1 is 0.892 bits per heavy atom. The van der Waals surface area contributed by atoms with Crippen LogP contribution in [0.4, 0.5) is 13.2 Å². The van der Waals surface area contributed by atoms with E-state index in [-0.39, 0.29) is 18.6 Å². The van der Waals surface area contributed by atoms with Crippen molar-refractivity contribution in [1.82, 2.24) is 9.80 Å². The summed E-state index contributed by atoms with van der Waals surface area (Å²) in [7, 11) is 0. The summed E-state index contributed by atoms with van der Waals surface area (Å²) in [6, 6.07) is 20.2. The van der Waals surface area contributed by atoms with E-state index in [0.29, 0.717) is 48.9 Å². The lowest BCUT2D eigenvalue weighted by Crippen LogP contribution is -2.49. The van der Waals surface area contributed by atoms with Gasteiger partial charge in [0.2, 0.25) is 0 Å². The third-order valence-corrected chi connectivity index (χ3v) is 6.92. The summed E-state index contributed by atoms with van der Waals surface area (Å²) in [6.07, 6.45) is -3.74. The largest absolute Gasteiger partial charge is 0.416 e. The van der Waals surface area contributed by atoms with Crippen LogP contribution in [0.15, 0.2) is 72.8 Å². The van der Waals surface area contributed by atoms with E-state index in [1.54, 1.807) is 12.1 Å². The number of nitrogens with zero attached hydrogens (tertiary/aromatic N) is 2. The van der Waals surface area contributed by atoms with E-state index in [1.165, 1.54) is 17.7 Å². The lowest BCUT2D eigenvalue weighted by Gasteiger charge is -2.36. The van der Waals surface area contributed by atoms with Crippen molar-refractivity contribution < 1.29 is 22.7 Å². The molecular weight excluding hydrogens is 501 g/mol. The van der Waals surface area contributed by atoms with Crippen LogP contribution in [-0.2, 0) is 23.9 Å². The molecule has 196 valence electrons. The van der Waals surface area contributed by atoms with Crippen LogP contribution in [0.2, 0.25) is 5.02 Å². The Hall–Kier alpha value is -2.87. The predicted molar refractivity (Wildman–Crippen MR) is 139 cm³/mol. The molecule has 4 rings (SSSR count). The molecule has 1 aliphatic rings. The molecule has 37 heavy (non-hydrogen) atoms. The van der Waals surface area contributed by atoms with Crippen LogP contribution in [0.3, 0.4) is 0 Å².